The average molecular weight is 205 g/mol. The highest BCUT2D eigenvalue weighted by atomic mass is 32.2. The van der Waals surface area contributed by atoms with Gasteiger partial charge in [0.15, 0.2) is 9.84 Å². The number of hydrogen-bond acceptors (Lipinski definition) is 3. The molecule has 1 atom stereocenters. The minimum atomic E-state index is -2.76. The van der Waals surface area contributed by atoms with Crippen LogP contribution in [0.5, 0.6) is 0 Å². The van der Waals surface area contributed by atoms with Crippen LogP contribution in [0.1, 0.15) is 20.3 Å². The second-order valence-electron chi connectivity index (χ2n) is 4.02. The molecule has 13 heavy (non-hydrogen) atoms. The van der Waals surface area contributed by atoms with Gasteiger partial charge in [-0.15, -0.1) is 0 Å². The van der Waals surface area contributed by atoms with E-state index >= 15 is 0 Å². The fourth-order valence-electron chi connectivity index (χ4n) is 1.89. The molecule has 78 valence electrons. The Morgan fingerprint density at radius 1 is 1.46 bits per heavy atom. The lowest BCUT2D eigenvalue weighted by molar-refractivity contribution is 0.265. The van der Waals surface area contributed by atoms with Gasteiger partial charge in [0.2, 0.25) is 0 Å². The van der Waals surface area contributed by atoms with Gasteiger partial charge in [-0.05, 0) is 18.9 Å². The third-order valence-corrected chi connectivity index (χ3v) is 4.25. The number of hydrogen-bond donors (Lipinski definition) is 0. The first kappa shape index (κ1) is 11.0. The molecular formula is C9H19NO2S. The summed E-state index contributed by atoms with van der Waals surface area (Å²) in [7, 11) is -2.76. The minimum absolute atomic E-state index is 0.291. The van der Waals surface area contributed by atoms with Gasteiger partial charge in [0.25, 0.3) is 0 Å². The smallest absolute Gasteiger partial charge is 0.151 e. The lowest BCUT2D eigenvalue weighted by Crippen LogP contribution is -2.29. The number of nitrogens with zero attached hydrogens (tertiary/aromatic N) is 1. The summed E-state index contributed by atoms with van der Waals surface area (Å²) in [5.41, 5.74) is 0. The lowest BCUT2D eigenvalue weighted by Gasteiger charge is -2.20. The molecule has 3 nitrogen and oxygen atoms in total. The second-order valence-corrected chi connectivity index (χ2v) is 6.25. The molecule has 0 aromatic carbocycles. The van der Waals surface area contributed by atoms with E-state index in [0.29, 0.717) is 17.4 Å². The van der Waals surface area contributed by atoms with Gasteiger partial charge < -0.3 is 4.90 Å². The van der Waals surface area contributed by atoms with Crippen LogP contribution in [-0.2, 0) is 9.84 Å². The van der Waals surface area contributed by atoms with Crippen molar-refractivity contribution < 1.29 is 8.42 Å². The van der Waals surface area contributed by atoms with Crippen LogP contribution < -0.4 is 0 Å². The highest BCUT2D eigenvalue weighted by Gasteiger charge is 2.23. The summed E-state index contributed by atoms with van der Waals surface area (Å²) in [4.78, 5) is 2.26. The summed E-state index contributed by atoms with van der Waals surface area (Å²) in [5, 5.41) is 0. The van der Waals surface area contributed by atoms with E-state index in [0.717, 1.165) is 26.1 Å². The molecule has 1 aliphatic heterocycles. The van der Waals surface area contributed by atoms with Gasteiger partial charge in [0.1, 0.15) is 0 Å². The molecule has 1 fully saturated rings. The van der Waals surface area contributed by atoms with Crippen LogP contribution >= 0.6 is 0 Å². The summed E-state index contributed by atoms with van der Waals surface area (Å²) < 4.78 is 22.8. The highest BCUT2D eigenvalue weighted by molar-refractivity contribution is 7.91. The molecule has 0 aliphatic carbocycles. The monoisotopic (exact) mass is 205 g/mol. The van der Waals surface area contributed by atoms with Crippen LogP contribution in [0.15, 0.2) is 0 Å². The van der Waals surface area contributed by atoms with Crippen molar-refractivity contribution in [2.45, 2.75) is 20.3 Å². The predicted molar refractivity (Wildman–Crippen MR) is 54.5 cm³/mol. The fourth-order valence-corrected chi connectivity index (χ4v) is 3.56. The zero-order valence-corrected chi connectivity index (χ0v) is 9.31. The van der Waals surface area contributed by atoms with Crippen LogP contribution in [0.25, 0.3) is 0 Å². The fraction of sp³-hybridized carbons (Fsp3) is 1.00. The molecule has 4 heteroatoms. The van der Waals surface area contributed by atoms with E-state index in [4.69, 9.17) is 0 Å². The molecule has 1 aliphatic rings. The normalized spacial score (nSPS) is 29.8. The zero-order valence-electron chi connectivity index (χ0n) is 8.49. The Balaban J connectivity index is 2.58. The van der Waals surface area contributed by atoms with Gasteiger partial charge >= 0.3 is 0 Å². The average Bonchev–Trinajstić information content (AvgIpc) is 2.10. The van der Waals surface area contributed by atoms with E-state index in [1.54, 1.807) is 0 Å². The van der Waals surface area contributed by atoms with Gasteiger partial charge in [-0.3, -0.25) is 0 Å². The first-order chi connectivity index (χ1) is 6.03. The highest BCUT2D eigenvalue weighted by Crippen LogP contribution is 2.10. The molecule has 0 saturated carbocycles. The van der Waals surface area contributed by atoms with Crippen molar-refractivity contribution in [1.29, 1.82) is 0 Å². The summed E-state index contributed by atoms with van der Waals surface area (Å²) in [6.07, 6.45) is 1.10. The predicted octanol–water partition coefficient (Wildman–Crippen LogP) is 0.763. The maximum absolute atomic E-state index is 11.4. The van der Waals surface area contributed by atoms with Gasteiger partial charge in [0, 0.05) is 13.1 Å². The molecule has 1 saturated heterocycles. The van der Waals surface area contributed by atoms with Crippen molar-refractivity contribution >= 4 is 9.84 Å². The first-order valence-corrected chi connectivity index (χ1v) is 6.78. The Morgan fingerprint density at radius 2 is 2.15 bits per heavy atom. The van der Waals surface area contributed by atoms with Gasteiger partial charge in [-0.2, -0.15) is 0 Å². The minimum Gasteiger partial charge on any atom is -0.302 e. The summed E-state index contributed by atoms with van der Waals surface area (Å²) in [6.45, 7) is 6.84. The van der Waals surface area contributed by atoms with E-state index in [2.05, 4.69) is 11.8 Å². The first-order valence-electron chi connectivity index (χ1n) is 4.96. The van der Waals surface area contributed by atoms with E-state index in [-0.39, 0.29) is 0 Å². The topological polar surface area (TPSA) is 37.4 Å². The molecule has 0 aromatic rings. The van der Waals surface area contributed by atoms with Crippen LogP contribution in [0.3, 0.4) is 0 Å². The third kappa shape index (κ3) is 3.65. The molecule has 0 amide bonds. The second kappa shape index (κ2) is 4.42. The SMILES string of the molecule is CCCN1CCS(=O)(=O)CC(C)C1. The van der Waals surface area contributed by atoms with E-state index in [1.165, 1.54) is 0 Å². The number of sulfone groups is 1. The molecule has 0 radical (unpaired) electrons. The molecular weight excluding hydrogens is 186 g/mol. The third-order valence-electron chi connectivity index (χ3n) is 2.37. The Bertz CT molecular complexity index is 248. The van der Waals surface area contributed by atoms with E-state index < -0.39 is 9.84 Å². The number of rotatable bonds is 2. The van der Waals surface area contributed by atoms with Crippen molar-refractivity contribution in [2.75, 3.05) is 31.1 Å². The molecule has 1 unspecified atom stereocenters. The van der Waals surface area contributed by atoms with Crippen molar-refractivity contribution in [3.8, 4) is 0 Å². The molecule has 1 heterocycles. The molecule has 1 rings (SSSR count). The van der Waals surface area contributed by atoms with Crippen LogP contribution in [0, 0.1) is 5.92 Å². The van der Waals surface area contributed by atoms with Crippen molar-refractivity contribution in [3.63, 3.8) is 0 Å². The molecule has 0 bridgehead atoms. The summed E-state index contributed by atoms with van der Waals surface area (Å²) in [5.74, 6) is 1.00. The van der Waals surface area contributed by atoms with Crippen molar-refractivity contribution in [1.82, 2.24) is 4.90 Å². The zero-order chi connectivity index (χ0) is 9.90. The maximum Gasteiger partial charge on any atom is 0.151 e. The van der Waals surface area contributed by atoms with Crippen LogP contribution in [-0.4, -0.2) is 44.5 Å². The summed E-state index contributed by atoms with van der Waals surface area (Å²) in [6, 6.07) is 0. The van der Waals surface area contributed by atoms with E-state index in [1.807, 2.05) is 6.92 Å². The van der Waals surface area contributed by atoms with Crippen LogP contribution in [0.2, 0.25) is 0 Å². The molecule has 0 spiro atoms. The van der Waals surface area contributed by atoms with Gasteiger partial charge in [-0.25, -0.2) is 8.42 Å². The Labute approximate surface area is 81.0 Å². The maximum atomic E-state index is 11.4. The van der Waals surface area contributed by atoms with Crippen LogP contribution in [0.4, 0.5) is 0 Å². The van der Waals surface area contributed by atoms with Crippen molar-refractivity contribution in [3.05, 3.63) is 0 Å². The lowest BCUT2D eigenvalue weighted by atomic mass is 10.2. The van der Waals surface area contributed by atoms with Gasteiger partial charge in [0.05, 0.1) is 11.5 Å². The van der Waals surface area contributed by atoms with Gasteiger partial charge in [-0.1, -0.05) is 13.8 Å². The van der Waals surface area contributed by atoms with E-state index in [9.17, 15) is 8.42 Å². The largest absolute Gasteiger partial charge is 0.302 e. The Hall–Kier alpha value is -0.0900. The quantitative estimate of drug-likeness (QED) is 0.668. The Kier molecular flexibility index (Phi) is 3.74. The standard InChI is InChI=1S/C9H19NO2S/c1-3-4-10-5-6-13(11,12)8-9(2)7-10/h9H,3-8H2,1-2H3. The Morgan fingerprint density at radius 3 is 2.77 bits per heavy atom. The van der Waals surface area contributed by atoms with Crippen molar-refractivity contribution in [2.24, 2.45) is 5.92 Å². The molecule has 0 N–H and O–H groups in total. The summed E-state index contributed by atoms with van der Waals surface area (Å²) >= 11 is 0. The molecule has 0 aromatic heterocycles.